The number of rotatable bonds is 8. The number of nitrogens with zero attached hydrogens (tertiary/aromatic N) is 1. The lowest BCUT2D eigenvalue weighted by Crippen LogP contribution is -2.25. The first-order valence-electron chi connectivity index (χ1n) is 10.2. The van der Waals surface area contributed by atoms with Gasteiger partial charge in [0.25, 0.3) is 0 Å². The van der Waals surface area contributed by atoms with Crippen molar-refractivity contribution in [1.82, 2.24) is 0 Å². The van der Waals surface area contributed by atoms with Crippen molar-refractivity contribution < 1.29 is 31.1 Å². The Hall–Kier alpha value is -3.47. The van der Waals surface area contributed by atoms with Crippen molar-refractivity contribution in [2.75, 3.05) is 0 Å². The minimum atomic E-state index is -4.30. The standard InChI is InChI=1S/C25H19F6NO/c1-2-3-4-5-15-10-22(28)24(23(29)11-15)25(30,31)33-18-8-6-16(7-9-18)17-12-20(26)19(14-32)21(27)13-17/h6-13H,2-5H2,1H3. The largest absolute Gasteiger partial charge is 0.432 e. The fourth-order valence-electron chi connectivity index (χ4n) is 3.39. The van der Waals surface area contributed by atoms with E-state index in [-0.39, 0.29) is 16.7 Å². The molecule has 33 heavy (non-hydrogen) atoms. The number of unbranched alkanes of at least 4 members (excludes halogenated alkanes) is 2. The molecule has 0 saturated carbocycles. The van der Waals surface area contributed by atoms with Gasteiger partial charge >= 0.3 is 6.11 Å². The van der Waals surface area contributed by atoms with Crippen LogP contribution in [0.15, 0.2) is 48.5 Å². The SMILES string of the molecule is CCCCCc1cc(F)c(C(F)(F)Oc2ccc(-c3cc(F)c(C#N)c(F)c3)cc2)c(F)c1. The van der Waals surface area contributed by atoms with Crippen LogP contribution in [0.3, 0.4) is 0 Å². The molecule has 0 aliphatic heterocycles. The lowest BCUT2D eigenvalue weighted by Gasteiger charge is -2.20. The Labute approximate surface area is 187 Å². The molecular formula is C25H19F6NO. The lowest BCUT2D eigenvalue weighted by molar-refractivity contribution is -0.189. The van der Waals surface area contributed by atoms with Crippen molar-refractivity contribution in [1.29, 1.82) is 5.26 Å². The summed E-state index contributed by atoms with van der Waals surface area (Å²) < 4.78 is 90.1. The van der Waals surface area contributed by atoms with Crippen molar-refractivity contribution >= 4 is 0 Å². The third-order valence-corrected chi connectivity index (χ3v) is 5.05. The number of nitriles is 1. The van der Waals surface area contributed by atoms with Gasteiger partial charge in [0, 0.05) is 0 Å². The molecule has 3 aromatic carbocycles. The monoisotopic (exact) mass is 463 g/mol. The number of hydrogen-bond donors (Lipinski definition) is 0. The summed E-state index contributed by atoms with van der Waals surface area (Å²) in [6.07, 6.45) is -1.50. The Bertz CT molecular complexity index is 1140. The van der Waals surface area contributed by atoms with Crippen LogP contribution >= 0.6 is 0 Å². The second kappa shape index (κ2) is 9.99. The van der Waals surface area contributed by atoms with E-state index in [0.717, 1.165) is 49.2 Å². The van der Waals surface area contributed by atoms with Crippen LogP contribution < -0.4 is 4.74 Å². The minimum Gasteiger partial charge on any atom is -0.429 e. The molecule has 0 spiro atoms. The third-order valence-electron chi connectivity index (χ3n) is 5.05. The van der Waals surface area contributed by atoms with Gasteiger partial charge in [0.05, 0.1) is 0 Å². The van der Waals surface area contributed by atoms with Crippen LogP contribution in [0.2, 0.25) is 0 Å². The molecule has 0 heterocycles. The molecule has 3 aromatic rings. The number of aryl methyl sites for hydroxylation is 1. The van der Waals surface area contributed by atoms with Gasteiger partial charge < -0.3 is 4.74 Å². The highest BCUT2D eigenvalue weighted by Crippen LogP contribution is 2.36. The van der Waals surface area contributed by atoms with Crippen molar-refractivity contribution in [3.63, 3.8) is 0 Å². The van der Waals surface area contributed by atoms with Gasteiger partial charge in [-0.1, -0.05) is 31.9 Å². The predicted octanol–water partition coefficient (Wildman–Crippen LogP) is 7.64. The lowest BCUT2D eigenvalue weighted by atomic mass is 10.0. The maximum absolute atomic E-state index is 14.6. The first kappa shape index (κ1) is 24.2. The molecule has 0 bridgehead atoms. The molecule has 0 radical (unpaired) electrons. The molecule has 0 aliphatic carbocycles. The van der Waals surface area contributed by atoms with E-state index >= 15 is 0 Å². The number of ether oxygens (including phenoxy) is 1. The van der Waals surface area contributed by atoms with Gasteiger partial charge in [-0.3, -0.25) is 0 Å². The molecule has 0 unspecified atom stereocenters. The Morgan fingerprint density at radius 2 is 1.39 bits per heavy atom. The van der Waals surface area contributed by atoms with Crippen LogP contribution in [0.4, 0.5) is 26.3 Å². The second-order valence-corrected chi connectivity index (χ2v) is 7.46. The number of benzene rings is 3. The smallest absolute Gasteiger partial charge is 0.429 e. The molecule has 2 nitrogen and oxygen atoms in total. The molecule has 8 heteroatoms. The van der Waals surface area contributed by atoms with Gasteiger partial charge in [-0.2, -0.15) is 14.0 Å². The fourth-order valence-corrected chi connectivity index (χ4v) is 3.39. The maximum Gasteiger partial charge on any atom is 0.432 e. The van der Waals surface area contributed by atoms with Gasteiger partial charge in [-0.05, 0) is 65.9 Å². The number of hydrogen-bond acceptors (Lipinski definition) is 2. The number of alkyl halides is 2. The minimum absolute atomic E-state index is 0.0676. The van der Waals surface area contributed by atoms with Crippen molar-refractivity contribution in [3.8, 4) is 22.9 Å². The molecule has 3 rings (SSSR count). The fraction of sp³-hybridized carbons (Fsp3) is 0.240. The molecule has 0 atom stereocenters. The average Bonchev–Trinajstić information content (AvgIpc) is 2.73. The van der Waals surface area contributed by atoms with Crippen LogP contribution in [0, 0.1) is 34.6 Å². The predicted molar refractivity (Wildman–Crippen MR) is 111 cm³/mol. The molecular weight excluding hydrogens is 444 g/mol. The van der Waals surface area contributed by atoms with Crippen LogP contribution in [0.1, 0.15) is 42.9 Å². The van der Waals surface area contributed by atoms with Crippen molar-refractivity contribution in [2.45, 2.75) is 38.7 Å². The summed E-state index contributed by atoms with van der Waals surface area (Å²) in [7, 11) is 0. The summed E-state index contributed by atoms with van der Waals surface area (Å²) in [6, 6.07) is 9.66. The zero-order chi connectivity index (χ0) is 24.2. The van der Waals surface area contributed by atoms with E-state index < -0.39 is 46.3 Å². The summed E-state index contributed by atoms with van der Waals surface area (Å²) in [5.74, 6) is -5.37. The summed E-state index contributed by atoms with van der Waals surface area (Å²) in [5.41, 5.74) is -1.63. The number of halogens is 6. The van der Waals surface area contributed by atoms with Gasteiger partial charge in [0.15, 0.2) is 0 Å². The van der Waals surface area contributed by atoms with Gasteiger partial charge in [-0.15, -0.1) is 0 Å². The van der Waals surface area contributed by atoms with E-state index in [1.807, 2.05) is 6.92 Å². The molecule has 0 aromatic heterocycles. The highest BCUT2D eigenvalue weighted by Gasteiger charge is 2.41. The summed E-state index contributed by atoms with van der Waals surface area (Å²) in [4.78, 5) is 0. The zero-order valence-electron chi connectivity index (χ0n) is 17.6. The van der Waals surface area contributed by atoms with Gasteiger partial charge in [0.2, 0.25) is 0 Å². The van der Waals surface area contributed by atoms with E-state index in [1.54, 1.807) is 0 Å². The van der Waals surface area contributed by atoms with Crippen LogP contribution in [-0.2, 0) is 12.5 Å². The maximum atomic E-state index is 14.6. The Morgan fingerprint density at radius 3 is 1.91 bits per heavy atom. The van der Waals surface area contributed by atoms with Crippen LogP contribution in [0.5, 0.6) is 5.75 Å². The van der Waals surface area contributed by atoms with Gasteiger partial charge in [-0.25, -0.2) is 17.6 Å². The topological polar surface area (TPSA) is 33.0 Å². The van der Waals surface area contributed by atoms with E-state index in [1.165, 1.54) is 18.2 Å². The zero-order valence-corrected chi connectivity index (χ0v) is 17.6. The molecule has 0 amide bonds. The second-order valence-electron chi connectivity index (χ2n) is 7.46. The molecule has 0 N–H and O–H groups in total. The molecule has 0 aliphatic rings. The Kier molecular flexibility index (Phi) is 7.32. The molecule has 0 fully saturated rings. The summed E-state index contributed by atoms with van der Waals surface area (Å²) >= 11 is 0. The van der Waals surface area contributed by atoms with E-state index in [9.17, 15) is 26.3 Å². The third kappa shape index (κ3) is 5.48. The van der Waals surface area contributed by atoms with E-state index in [2.05, 4.69) is 4.74 Å². The molecule has 0 saturated heterocycles. The van der Waals surface area contributed by atoms with Crippen LogP contribution in [-0.4, -0.2) is 0 Å². The summed E-state index contributed by atoms with van der Waals surface area (Å²) in [5, 5.41) is 8.73. The van der Waals surface area contributed by atoms with Crippen molar-refractivity contribution in [3.05, 3.63) is 88.5 Å². The first-order valence-corrected chi connectivity index (χ1v) is 10.2. The van der Waals surface area contributed by atoms with E-state index in [4.69, 9.17) is 5.26 Å². The highest BCUT2D eigenvalue weighted by atomic mass is 19.3. The van der Waals surface area contributed by atoms with Gasteiger partial charge in [0.1, 0.15) is 46.2 Å². The average molecular weight is 463 g/mol. The summed E-state index contributed by atoms with van der Waals surface area (Å²) in [6.45, 7) is 1.97. The quantitative estimate of drug-likeness (QED) is 0.254. The normalized spacial score (nSPS) is 11.3. The molecule has 172 valence electrons. The van der Waals surface area contributed by atoms with E-state index in [0.29, 0.717) is 12.8 Å². The van der Waals surface area contributed by atoms with Crippen molar-refractivity contribution in [2.24, 2.45) is 0 Å². The highest BCUT2D eigenvalue weighted by molar-refractivity contribution is 5.65. The first-order chi connectivity index (χ1) is 15.7. The Balaban J connectivity index is 1.81. The van der Waals surface area contributed by atoms with Crippen LogP contribution in [0.25, 0.3) is 11.1 Å². The Morgan fingerprint density at radius 1 is 0.818 bits per heavy atom.